The van der Waals surface area contributed by atoms with Crippen molar-refractivity contribution in [2.45, 2.75) is 46.6 Å². The summed E-state index contributed by atoms with van der Waals surface area (Å²) in [5.74, 6) is 1.27. The van der Waals surface area contributed by atoms with Crippen molar-refractivity contribution in [2.75, 3.05) is 18.8 Å². The molecule has 0 spiro atoms. The van der Waals surface area contributed by atoms with Crippen molar-refractivity contribution in [3.63, 3.8) is 0 Å². The fraction of sp³-hybridized carbons (Fsp3) is 0.769. The third-order valence-corrected chi connectivity index (χ3v) is 4.37. The van der Waals surface area contributed by atoms with Gasteiger partial charge in [0.25, 0.3) is 0 Å². The van der Waals surface area contributed by atoms with Gasteiger partial charge in [-0.1, -0.05) is 6.92 Å². The van der Waals surface area contributed by atoms with Crippen LogP contribution in [0.2, 0.25) is 0 Å². The van der Waals surface area contributed by atoms with Gasteiger partial charge in [0, 0.05) is 0 Å². The first kappa shape index (κ1) is 17.1. The summed E-state index contributed by atoms with van der Waals surface area (Å²) >= 11 is 0. The number of oxazole rings is 1. The highest BCUT2D eigenvalue weighted by Crippen LogP contribution is 2.08. The molecular weight excluding hydrogens is 278 g/mol. The molecule has 0 saturated heterocycles. The van der Waals surface area contributed by atoms with Gasteiger partial charge in [-0.05, 0) is 46.2 Å². The Hall–Kier alpha value is -0.920. The van der Waals surface area contributed by atoms with Crippen LogP contribution in [0.4, 0.5) is 0 Å². The lowest BCUT2D eigenvalue weighted by atomic mass is 10.3. The molecule has 1 aromatic rings. The second kappa shape index (κ2) is 8.39. The normalized spacial score (nSPS) is 11.9. The van der Waals surface area contributed by atoms with E-state index < -0.39 is 10.0 Å². The molecule has 116 valence electrons. The molecule has 0 aliphatic carbocycles. The van der Waals surface area contributed by atoms with Crippen LogP contribution in [0.25, 0.3) is 0 Å². The van der Waals surface area contributed by atoms with Crippen LogP contribution in [0, 0.1) is 13.8 Å². The Balaban J connectivity index is 2.24. The number of aryl methyl sites for hydroxylation is 2. The highest BCUT2D eigenvalue weighted by molar-refractivity contribution is 7.89. The van der Waals surface area contributed by atoms with Gasteiger partial charge in [-0.15, -0.1) is 0 Å². The molecule has 1 rings (SSSR count). The summed E-state index contributed by atoms with van der Waals surface area (Å²) in [6.45, 7) is 7.71. The van der Waals surface area contributed by atoms with E-state index in [0.717, 1.165) is 37.4 Å². The third kappa shape index (κ3) is 6.49. The first-order valence-electron chi connectivity index (χ1n) is 7.05. The Morgan fingerprint density at radius 2 is 1.95 bits per heavy atom. The summed E-state index contributed by atoms with van der Waals surface area (Å²) < 4.78 is 31.4. The molecule has 0 aromatic carbocycles. The lowest BCUT2D eigenvalue weighted by Crippen LogP contribution is -2.26. The minimum Gasteiger partial charge on any atom is -0.444 e. The molecule has 0 radical (unpaired) electrons. The second-order valence-corrected chi connectivity index (χ2v) is 6.77. The van der Waals surface area contributed by atoms with Gasteiger partial charge in [-0.25, -0.2) is 18.1 Å². The van der Waals surface area contributed by atoms with Gasteiger partial charge in [0.1, 0.15) is 5.76 Å². The summed E-state index contributed by atoms with van der Waals surface area (Å²) in [5.41, 5.74) is 0.793. The maximum absolute atomic E-state index is 11.8. The number of nitrogens with zero attached hydrogens (tertiary/aromatic N) is 1. The zero-order valence-electron chi connectivity index (χ0n) is 12.5. The number of rotatable bonds is 10. The van der Waals surface area contributed by atoms with Crippen molar-refractivity contribution in [3.8, 4) is 0 Å². The van der Waals surface area contributed by atoms with Crippen LogP contribution < -0.4 is 10.0 Å². The van der Waals surface area contributed by atoms with E-state index in [9.17, 15) is 8.42 Å². The predicted molar refractivity (Wildman–Crippen MR) is 79.0 cm³/mol. The number of aromatic nitrogens is 1. The quantitative estimate of drug-likeness (QED) is 0.640. The monoisotopic (exact) mass is 303 g/mol. The van der Waals surface area contributed by atoms with Crippen molar-refractivity contribution in [3.05, 3.63) is 17.3 Å². The molecule has 0 aliphatic heterocycles. The highest BCUT2D eigenvalue weighted by atomic mass is 32.2. The SMILES string of the molecule is CCCNCCCCS(=O)(=O)NCc1nc(C)c(C)o1. The summed E-state index contributed by atoms with van der Waals surface area (Å²) in [4.78, 5) is 4.14. The van der Waals surface area contributed by atoms with E-state index in [0.29, 0.717) is 12.3 Å². The molecule has 6 nitrogen and oxygen atoms in total. The average molecular weight is 303 g/mol. The van der Waals surface area contributed by atoms with Gasteiger partial charge in [0.2, 0.25) is 15.9 Å². The van der Waals surface area contributed by atoms with Crippen LogP contribution in [0.15, 0.2) is 4.42 Å². The van der Waals surface area contributed by atoms with Crippen molar-refractivity contribution in [1.82, 2.24) is 15.0 Å². The molecule has 0 unspecified atom stereocenters. The van der Waals surface area contributed by atoms with Gasteiger partial charge in [0.05, 0.1) is 18.0 Å². The van der Waals surface area contributed by atoms with Crippen molar-refractivity contribution in [1.29, 1.82) is 0 Å². The van der Waals surface area contributed by atoms with Gasteiger partial charge in [-0.2, -0.15) is 0 Å². The molecule has 0 aliphatic rings. The summed E-state index contributed by atoms with van der Waals surface area (Å²) in [7, 11) is -3.25. The number of hydrogen-bond acceptors (Lipinski definition) is 5. The molecule has 1 heterocycles. The summed E-state index contributed by atoms with van der Waals surface area (Å²) in [6.07, 6.45) is 2.60. The zero-order valence-corrected chi connectivity index (χ0v) is 13.3. The van der Waals surface area contributed by atoms with Crippen molar-refractivity contribution in [2.24, 2.45) is 0 Å². The van der Waals surface area contributed by atoms with Crippen LogP contribution in [0.5, 0.6) is 0 Å². The minimum absolute atomic E-state index is 0.116. The van der Waals surface area contributed by atoms with Gasteiger partial charge in [0.15, 0.2) is 0 Å². The maximum Gasteiger partial charge on any atom is 0.212 e. The Bertz CT molecular complexity index is 477. The number of nitrogens with one attached hydrogen (secondary N) is 2. The Kier molecular flexibility index (Phi) is 7.18. The topological polar surface area (TPSA) is 84.2 Å². The van der Waals surface area contributed by atoms with Gasteiger partial charge >= 0.3 is 0 Å². The van der Waals surface area contributed by atoms with E-state index >= 15 is 0 Å². The molecular formula is C13H25N3O3S. The molecule has 20 heavy (non-hydrogen) atoms. The number of hydrogen-bond donors (Lipinski definition) is 2. The van der Waals surface area contributed by atoms with E-state index in [1.165, 1.54) is 0 Å². The van der Waals surface area contributed by atoms with E-state index in [1.54, 1.807) is 0 Å². The third-order valence-electron chi connectivity index (χ3n) is 2.96. The minimum atomic E-state index is -3.25. The van der Waals surface area contributed by atoms with Crippen molar-refractivity contribution < 1.29 is 12.8 Å². The standard InChI is InChI=1S/C13H25N3O3S/c1-4-7-14-8-5-6-9-20(17,18)15-10-13-16-11(2)12(3)19-13/h14-15H,4-10H2,1-3H3. The predicted octanol–water partition coefficient (Wildman–Crippen LogP) is 1.49. The van der Waals surface area contributed by atoms with Crippen LogP contribution in [0.3, 0.4) is 0 Å². The van der Waals surface area contributed by atoms with Gasteiger partial charge in [-0.3, -0.25) is 0 Å². The van der Waals surface area contributed by atoms with Crippen molar-refractivity contribution >= 4 is 10.0 Å². The van der Waals surface area contributed by atoms with Crippen LogP contribution in [-0.2, 0) is 16.6 Å². The van der Waals surface area contributed by atoms with Crippen LogP contribution >= 0.6 is 0 Å². The average Bonchev–Trinajstić information content (AvgIpc) is 2.71. The Morgan fingerprint density at radius 1 is 1.20 bits per heavy atom. The van der Waals surface area contributed by atoms with E-state index in [2.05, 4.69) is 21.9 Å². The largest absolute Gasteiger partial charge is 0.444 e. The second-order valence-electron chi connectivity index (χ2n) is 4.85. The molecule has 0 saturated carbocycles. The fourth-order valence-corrected chi connectivity index (χ4v) is 2.77. The number of sulfonamides is 1. The van der Waals surface area contributed by atoms with Gasteiger partial charge < -0.3 is 9.73 Å². The Labute approximate surface area is 121 Å². The van der Waals surface area contributed by atoms with E-state index in [-0.39, 0.29) is 12.3 Å². The molecule has 0 atom stereocenters. The smallest absolute Gasteiger partial charge is 0.212 e. The van der Waals surface area contributed by atoms with Crippen LogP contribution in [0.1, 0.15) is 43.5 Å². The summed E-state index contributed by atoms with van der Waals surface area (Å²) in [5, 5.41) is 3.25. The molecule has 0 amide bonds. The lowest BCUT2D eigenvalue weighted by molar-refractivity contribution is 0.462. The number of unbranched alkanes of at least 4 members (excludes halogenated alkanes) is 1. The molecule has 1 aromatic heterocycles. The molecule has 0 bridgehead atoms. The zero-order chi connectivity index (χ0) is 15.0. The molecule has 7 heteroatoms. The highest BCUT2D eigenvalue weighted by Gasteiger charge is 2.12. The Morgan fingerprint density at radius 3 is 2.55 bits per heavy atom. The first-order valence-corrected chi connectivity index (χ1v) is 8.71. The van der Waals surface area contributed by atoms with Crippen LogP contribution in [-0.4, -0.2) is 32.2 Å². The molecule has 2 N–H and O–H groups in total. The van der Waals surface area contributed by atoms with E-state index in [4.69, 9.17) is 4.42 Å². The first-order chi connectivity index (χ1) is 9.44. The molecule has 0 fully saturated rings. The maximum atomic E-state index is 11.8. The summed E-state index contributed by atoms with van der Waals surface area (Å²) in [6, 6.07) is 0. The lowest BCUT2D eigenvalue weighted by Gasteiger charge is -2.05. The van der Waals surface area contributed by atoms with E-state index in [1.807, 2.05) is 13.8 Å². The fourth-order valence-electron chi connectivity index (χ4n) is 1.70.